The number of aromatic nitrogens is 2. The van der Waals surface area contributed by atoms with Crippen molar-refractivity contribution >= 4 is 11.7 Å². The van der Waals surface area contributed by atoms with Crippen LogP contribution in [0.5, 0.6) is 0 Å². The summed E-state index contributed by atoms with van der Waals surface area (Å²) in [6, 6.07) is 1.90. The van der Waals surface area contributed by atoms with Crippen molar-refractivity contribution in [3.8, 4) is 0 Å². The Hall–Kier alpha value is -1.69. The summed E-state index contributed by atoms with van der Waals surface area (Å²) in [4.78, 5) is 12.8. The minimum atomic E-state index is -0.401. The highest BCUT2D eigenvalue weighted by Crippen LogP contribution is 2.17. The van der Waals surface area contributed by atoms with E-state index in [1.165, 1.54) is 0 Å². The SMILES string of the molecule is CC(C)N(CC(N)=O)c1nnccc1CN. The monoisotopic (exact) mass is 223 g/mol. The van der Waals surface area contributed by atoms with Crippen LogP contribution < -0.4 is 16.4 Å². The maximum absolute atomic E-state index is 11.0. The summed E-state index contributed by atoms with van der Waals surface area (Å²) in [6.07, 6.45) is 1.58. The summed E-state index contributed by atoms with van der Waals surface area (Å²) in [6.45, 7) is 4.38. The number of carbonyl (C=O) groups excluding carboxylic acids is 1. The first-order chi connectivity index (χ1) is 7.56. The summed E-state index contributed by atoms with van der Waals surface area (Å²) in [7, 11) is 0. The molecule has 0 radical (unpaired) electrons. The molecule has 1 rings (SSSR count). The maximum Gasteiger partial charge on any atom is 0.237 e. The first-order valence-corrected chi connectivity index (χ1v) is 5.11. The van der Waals surface area contributed by atoms with E-state index in [1.54, 1.807) is 17.2 Å². The molecule has 0 fully saturated rings. The number of hydrogen-bond donors (Lipinski definition) is 2. The van der Waals surface area contributed by atoms with Crippen molar-refractivity contribution in [1.82, 2.24) is 10.2 Å². The third-order valence-electron chi connectivity index (χ3n) is 2.22. The number of hydrogen-bond acceptors (Lipinski definition) is 5. The van der Waals surface area contributed by atoms with Gasteiger partial charge in [0.15, 0.2) is 5.82 Å². The Morgan fingerprint density at radius 1 is 1.56 bits per heavy atom. The van der Waals surface area contributed by atoms with E-state index in [9.17, 15) is 4.79 Å². The van der Waals surface area contributed by atoms with E-state index >= 15 is 0 Å². The first kappa shape index (κ1) is 12.4. The summed E-state index contributed by atoms with van der Waals surface area (Å²) in [5.74, 6) is 0.223. The van der Waals surface area contributed by atoms with Crippen molar-refractivity contribution in [2.75, 3.05) is 11.4 Å². The molecule has 0 atom stereocenters. The Labute approximate surface area is 94.6 Å². The van der Waals surface area contributed by atoms with Crippen molar-refractivity contribution in [2.24, 2.45) is 11.5 Å². The highest BCUT2D eigenvalue weighted by molar-refractivity contribution is 5.79. The molecule has 1 aromatic rings. The molecular weight excluding hydrogens is 206 g/mol. The van der Waals surface area contributed by atoms with Gasteiger partial charge < -0.3 is 16.4 Å². The van der Waals surface area contributed by atoms with Gasteiger partial charge in [0.25, 0.3) is 0 Å². The lowest BCUT2D eigenvalue weighted by molar-refractivity contribution is -0.116. The van der Waals surface area contributed by atoms with Crippen LogP contribution in [0.3, 0.4) is 0 Å². The van der Waals surface area contributed by atoms with Gasteiger partial charge in [-0.15, -0.1) is 5.10 Å². The van der Waals surface area contributed by atoms with Gasteiger partial charge in [-0.25, -0.2) is 0 Å². The number of anilines is 1. The lowest BCUT2D eigenvalue weighted by Gasteiger charge is -2.27. The molecule has 0 bridgehead atoms. The predicted octanol–water partition coefficient (Wildman–Crippen LogP) is -0.365. The summed E-state index contributed by atoms with van der Waals surface area (Å²) < 4.78 is 0. The molecule has 0 aliphatic carbocycles. The molecule has 0 aliphatic heterocycles. The van der Waals surface area contributed by atoms with E-state index < -0.39 is 5.91 Å². The Bertz CT molecular complexity index is 366. The normalized spacial score (nSPS) is 10.5. The van der Waals surface area contributed by atoms with Crippen molar-refractivity contribution in [3.63, 3.8) is 0 Å². The average Bonchev–Trinajstić information content (AvgIpc) is 2.25. The van der Waals surface area contributed by atoms with Gasteiger partial charge in [-0.05, 0) is 19.9 Å². The van der Waals surface area contributed by atoms with Crippen LogP contribution in [-0.4, -0.2) is 28.7 Å². The van der Waals surface area contributed by atoms with Crippen LogP contribution in [0.15, 0.2) is 12.3 Å². The third kappa shape index (κ3) is 2.90. The van der Waals surface area contributed by atoms with Gasteiger partial charge in [-0.2, -0.15) is 5.10 Å². The summed E-state index contributed by atoms with van der Waals surface area (Å²) in [5.41, 5.74) is 11.7. The second-order valence-electron chi connectivity index (χ2n) is 3.77. The number of carbonyl (C=O) groups is 1. The minimum absolute atomic E-state index is 0.106. The Balaban J connectivity index is 3.05. The predicted molar refractivity (Wildman–Crippen MR) is 61.6 cm³/mol. The number of nitrogens with two attached hydrogens (primary N) is 2. The third-order valence-corrected chi connectivity index (χ3v) is 2.22. The topological polar surface area (TPSA) is 98.1 Å². The lowest BCUT2D eigenvalue weighted by atomic mass is 10.2. The number of nitrogens with zero attached hydrogens (tertiary/aromatic N) is 3. The Kier molecular flexibility index (Phi) is 4.19. The van der Waals surface area contributed by atoms with Crippen LogP contribution in [0.4, 0.5) is 5.82 Å². The molecule has 0 spiro atoms. The second kappa shape index (κ2) is 5.41. The van der Waals surface area contributed by atoms with E-state index in [4.69, 9.17) is 11.5 Å². The number of amides is 1. The van der Waals surface area contributed by atoms with Gasteiger partial charge in [0.2, 0.25) is 5.91 Å². The molecule has 88 valence electrons. The highest BCUT2D eigenvalue weighted by Gasteiger charge is 2.17. The Morgan fingerprint density at radius 3 is 2.75 bits per heavy atom. The van der Waals surface area contributed by atoms with Crippen LogP contribution >= 0.6 is 0 Å². The van der Waals surface area contributed by atoms with E-state index in [0.29, 0.717) is 12.4 Å². The van der Waals surface area contributed by atoms with E-state index in [2.05, 4.69) is 10.2 Å². The fourth-order valence-electron chi connectivity index (χ4n) is 1.42. The van der Waals surface area contributed by atoms with Crippen molar-refractivity contribution < 1.29 is 4.79 Å². The van der Waals surface area contributed by atoms with Gasteiger partial charge in [-0.1, -0.05) is 0 Å². The van der Waals surface area contributed by atoms with Gasteiger partial charge >= 0.3 is 0 Å². The molecule has 0 saturated carbocycles. The molecule has 1 amide bonds. The van der Waals surface area contributed by atoms with Crippen molar-refractivity contribution in [1.29, 1.82) is 0 Å². The van der Waals surface area contributed by atoms with Crippen LogP contribution in [0.25, 0.3) is 0 Å². The molecule has 1 heterocycles. The zero-order valence-electron chi connectivity index (χ0n) is 9.55. The van der Waals surface area contributed by atoms with Crippen molar-refractivity contribution in [3.05, 3.63) is 17.8 Å². The molecule has 6 heteroatoms. The largest absolute Gasteiger partial charge is 0.368 e. The van der Waals surface area contributed by atoms with Gasteiger partial charge in [0, 0.05) is 18.2 Å². The van der Waals surface area contributed by atoms with Gasteiger partial charge in [-0.3, -0.25) is 4.79 Å². The highest BCUT2D eigenvalue weighted by atomic mass is 16.1. The zero-order chi connectivity index (χ0) is 12.1. The number of rotatable bonds is 5. The molecule has 4 N–H and O–H groups in total. The van der Waals surface area contributed by atoms with Crippen molar-refractivity contribution in [2.45, 2.75) is 26.4 Å². The minimum Gasteiger partial charge on any atom is -0.368 e. The zero-order valence-corrected chi connectivity index (χ0v) is 9.55. The van der Waals surface area contributed by atoms with Crippen LogP contribution in [0.2, 0.25) is 0 Å². The van der Waals surface area contributed by atoms with Crippen LogP contribution in [0.1, 0.15) is 19.4 Å². The molecule has 16 heavy (non-hydrogen) atoms. The average molecular weight is 223 g/mol. The molecule has 0 saturated heterocycles. The summed E-state index contributed by atoms with van der Waals surface area (Å²) >= 11 is 0. The first-order valence-electron chi connectivity index (χ1n) is 5.11. The smallest absolute Gasteiger partial charge is 0.237 e. The van der Waals surface area contributed by atoms with Crippen LogP contribution in [-0.2, 0) is 11.3 Å². The molecule has 0 unspecified atom stereocenters. The quantitative estimate of drug-likeness (QED) is 0.710. The van der Waals surface area contributed by atoms with E-state index in [-0.39, 0.29) is 12.6 Å². The van der Waals surface area contributed by atoms with Crippen LogP contribution in [0, 0.1) is 0 Å². The van der Waals surface area contributed by atoms with E-state index in [1.807, 2.05) is 13.8 Å². The fourth-order valence-corrected chi connectivity index (χ4v) is 1.42. The molecule has 0 aliphatic rings. The maximum atomic E-state index is 11.0. The number of primary amides is 1. The lowest BCUT2D eigenvalue weighted by Crippen LogP contribution is -2.40. The van der Waals surface area contributed by atoms with Gasteiger partial charge in [0.05, 0.1) is 12.7 Å². The second-order valence-corrected chi connectivity index (χ2v) is 3.77. The summed E-state index contributed by atoms with van der Waals surface area (Å²) in [5, 5.41) is 7.82. The standard InChI is InChI=1S/C10H17N5O/c1-7(2)15(6-9(12)16)10-8(5-11)3-4-13-14-10/h3-4,7H,5-6,11H2,1-2H3,(H2,12,16). The Morgan fingerprint density at radius 2 is 2.25 bits per heavy atom. The molecule has 6 nitrogen and oxygen atoms in total. The molecule has 1 aromatic heterocycles. The molecule has 0 aromatic carbocycles. The van der Waals surface area contributed by atoms with Gasteiger partial charge in [0.1, 0.15) is 0 Å². The molecular formula is C10H17N5O. The fraction of sp³-hybridized carbons (Fsp3) is 0.500. The van der Waals surface area contributed by atoms with E-state index in [0.717, 1.165) is 5.56 Å².